The van der Waals surface area contributed by atoms with E-state index in [9.17, 15) is 9.90 Å². The zero-order valence-electron chi connectivity index (χ0n) is 17.9. The number of aromatic hydroxyl groups is 1. The number of carbonyl (C=O) groups excluding carboxylic acids is 1. The van der Waals surface area contributed by atoms with Gasteiger partial charge in [-0.25, -0.2) is 9.97 Å². The van der Waals surface area contributed by atoms with E-state index in [1.807, 2.05) is 30.3 Å². The number of hydrogen-bond donors (Lipinski definition) is 3. The van der Waals surface area contributed by atoms with Crippen molar-refractivity contribution in [3.8, 4) is 34.1 Å². The van der Waals surface area contributed by atoms with E-state index in [1.54, 1.807) is 31.5 Å². The number of H-pyrrole nitrogens is 1. The molecule has 3 N–H and O–H groups in total. The largest absolute Gasteiger partial charge is 0.507 e. The number of imidazole rings is 1. The fraction of sp³-hybridized carbons (Fsp3) is 0.240. The maximum Gasteiger partial charge on any atom is 0.251 e. The van der Waals surface area contributed by atoms with E-state index in [0.29, 0.717) is 28.7 Å². The Morgan fingerprint density at radius 2 is 2.03 bits per heavy atom. The Morgan fingerprint density at radius 1 is 1.19 bits per heavy atom. The first-order chi connectivity index (χ1) is 15.5. The minimum atomic E-state index is -0.0871. The van der Waals surface area contributed by atoms with Crippen molar-refractivity contribution in [3.05, 3.63) is 60.3 Å². The predicted molar refractivity (Wildman–Crippen MR) is 123 cm³/mol. The minimum Gasteiger partial charge on any atom is -0.507 e. The highest BCUT2D eigenvalue weighted by atomic mass is 16.5. The summed E-state index contributed by atoms with van der Waals surface area (Å²) in [6, 6.07) is 14.6. The number of aromatic nitrogens is 3. The smallest absolute Gasteiger partial charge is 0.251 e. The highest BCUT2D eigenvalue weighted by Crippen LogP contribution is 2.36. The molecular formula is C25H24N4O3. The SMILES string of the molecule is COc1ncccc1-c1ccc(O)c(-c2nc3ccc(C(=O)NC(C)C4CC4)cc3[nH]2)c1. The Hall–Kier alpha value is -3.87. The molecule has 7 heteroatoms. The second-order valence-corrected chi connectivity index (χ2v) is 8.21. The van der Waals surface area contributed by atoms with Crippen LogP contribution in [-0.2, 0) is 0 Å². The van der Waals surface area contributed by atoms with Crippen molar-refractivity contribution >= 4 is 16.9 Å². The lowest BCUT2D eigenvalue weighted by atomic mass is 10.0. The minimum absolute atomic E-state index is 0.0871. The first-order valence-electron chi connectivity index (χ1n) is 10.7. The molecule has 1 unspecified atom stereocenters. The van der Waals surface area contributed by atoms with E-state index in [1.165, 1.54) is 12.8 Å². The molecule has 5 rings (SSSR count). The molecule has 0 radical (unpaired) electrons. The van der Waals surface area contributed by atoms with Gasteiger partial charge in [0.05, 0.1) is 23.7 Å². The Labute approximate surface area is 185 Å². The third kappa shape index (κ3) is 3.77. The van der Waals surface area contributed by atoms with Crippen molar-refractivity contribution in [2.24, 2.45) is 5.92 Å². The van der Waals surface area contributed by atoms with Gasteiger partial charge in [-0.3, -0.25) is 4.79 Å². The molecule has 0 aliphatic heterocycles. The van der Waals surface area contributed by atoms with Gasteiger partial charge in [0, 0.05) is 23.4 Å². The predicted octanol–water partition coefficient (Wildman–Crippen LogP) is 4.53. The fourth-order valence-corrected chi connectivity index (χ4v) is 3.95. The van der Waals surface area contributed by atoms with E-state index in [0.717, 1.165) is 22.2 Å². The summed E-state index contributed by atoms with van der Waals surface area (Å²) in [6.07, 6.45) is 4.03. The Morgan fingerprint density at radius 3 is 2.81 bits per heavy atom. The second-order valence-electron chi connectivity index (χ2n) is 8.21. The molecule has 2 heterocycles. The molecular weight excluding hydrogens is 404 g/mol. The van der Waals surface area contributed by atoms with Crippen molar-refractivity contribution < 1.29 is 14.6 Å². The summed E-state index contributed by atoms with van der Waals surface area (Å²) in [4.78, 5) is 24.7. The van der Waals surface area contributed by atoms with Crippen LogP contribution >= 0.6 is 0 Å². The zero-order valence-corrected chi connectivity index (χ0v) is 17.9. The Kier molecular flexibility index (Phi) is 5.01. The van der Waals surface area contributed by atoms with Crippen LogP contribution in [-0.4, -0.2) is 39.1 Å². The quantitative estimate of drug-likeness (QED) is 0.419. The monoisotopic (exact) mass is 428 g/mol. The van der Waals surface area contributed by atoms with Gasteiger partial charge in [-0.05, 0) is 73.7 Å². The highest BCUT2D eigenvalue weighted by Gasteiger charge is 2.29. The summed E-state index contributed by atoms with van der Waals surface area (Å²) < 4.78 is 5.37. The molecule has 7 nitrogen and oxygen atoms in total. The number of aromatic amines is 1. The third-order valence-electron chi connectivity index (χ3n) is 5.96. The van der Waals surface area contributed by atoms with Crippen molar-refractivity contribution in [1.29, 1.82) is 0 Å². The Bertz CT molecular complexity index is 1310. The summed E-state index contributed by atoms with van der Waals surface area (Å²) in [5, 5.41) is 13.6. The summed E-state index contributed by atoms with van der Waals surface area (Å²) in [7, 11) is 1.57. The first-order valence-corrected chi connectivity index (χ1v) is 10.7. The first kappa shape index (κ1) is 20.1. The van der Waals surface area contributed by atoms with Gasteiger partial charge >= 0.3 is 0 Å². The number of benzene rings is 2. The number of carbonyl (C=O) groups is 1. The summed E-state index contributed by atoms with van der Waals surface area (Å²) >= 11 is 0. The van der Waals surface area contributed by atoms with Gasteiger partial charge in [0.1, 0.15) is 11.6 Å². The molecule has 0 spiro atoms. The number of phenols is 1. The van der Waals surface area contributed by atoms with E-state index in [4.69, 9.17) is 4.74 Å². The van der Waals surface area contributed by atoms with Crippen LogP contribution < -0.4 is 10.1 Å². The number of pyridine rings is 1. The van der Waals surface area contributed by atoms with Crippen molar-refractivity contribution in [3.63, 3.8) is 0 Å². The van der Waals surface area contributed by atoms with Crippen LogP contribution in [0, 0.1) is 5.92 Å². The van der Waals surface area contributed by atoms with Gasteiger partial charge in [-0.1, -0.05) is 6.07 Å². The van der Waals surface area contributed by atoms with Gasteiger partial charge in [-0.2, -0.15) is 0 Å². The van der Waals surface area contributed by atoms with Gasteiger partial charge in [-0.15, -0.1) is 0 Å². The van der Waals surface area contributed by atoms with E-state index >= 15 is 0 Å². The lowest BCUT2D eigenvalue weighted by Crippen LogP contribution is -2.33. The van der Waals surface area contributed by atoms with Gasteiger partial charge in [0.25, 0.3) is 5.91 Å². The zero-order chi connectivity index (χ0) is 22.2. The summed E-state index contributed by atoms with van der Waals surface area (Å²) in [5.41, 5.74) is 4.25. The van der Waals surface area contributed by atoms with E-state index in [-0.39, 0.29) is 17.7 Å². The number of nitrogens with one attached hydrogen (secondary N) is 2. The molecule has 32 heavy (non-hydrogen) atoms. The maximum atomic E-state index is 12.6. The number of fused-ring (bicyclic) bond motifs is 1. The topological polar surface area (TPSA) is 100 Å². The molecule has 1 atom stereocenters. The van der Waals surface area contributed by atoms with Crippen LogP contribution in [0.5, 0.6) is 11.6 Å². The fourth-order valence-electron chi connectivity index (χ4n) is 3.95. The van der Waals surface area contributed by atoms with E-state index in [2.05, 4.69) is 27.2 Å². The molecule has 0 saturated heterocycles. The molecule has 1 aliphatic carbocycles. The van der Waals surface area contributed by atoms with Crippen LogP contribution in [0.15, 0.2) is 54.7 Å². The molecule has 162 valence electrons. The summed E-state index contributed by atoms with van der Waals surface area (Å²) in [6.45, 7) is 2.05. The lowest BCUT2D eigenvalue weighted by Gasteiger charge is -2.12. The van der Waals surface area contributed by atoms with Crippen LogP contribution in [0.3, 0.4) is 0 Å². The third-order valence-corrected chi connectivity index (χ3v) is 5.96. The Balaban J connectivity index is 1.48. The van der Waals surface area contributed by atoms with Crippen LogP contribution in [0.1, 0.15) is 30.1 Å². The van der Waals surface area contributed by atoms with Gasteiger partial charge < -0.3 is 20.1 Å². The van der Waals surface area contributed by atoms with Crippen molar-refractivity contribution in [2.45, 2.75) is 25.8 Å². The summed E-state index contributed by atoms with van der Waals surface area (Å²) in [5.74, 6) is 1.63. The van der Waals surface area contributed by atoms with Crippen LogP contribution in [0.2, 0.25) is 0 Å². The molecule has 2 aromatic carbocycles. The lowest BCUT2D eigenvalue weighted by molar-refractivity contribution is 0.0936. The van der Waals surface area contributed by atoms with Crippen molar-refractivity contribution in [1.82, 2.24) is 20.3 Å². The number of ether oxygens (including phenoxy) is 1. The standard InChI is InChI=1S/C25H24N4O3/c1-14(15-5-6-15)27-24(31)17-7-9-20-21(13-17)29-23(28-20)19-12-16(8-10-22(19)30)18-4-3-11-26-25(18)32-2/h3-4,7-15,30H,5-6H2,1-2H3,(H,27,31)(H,28,29). The molecule has 4 aromatic rings. The van der Waals surface area contributed by atoms with Crippen LogP contribution in [0.4, 0.5) is 0 Å². The average molecular weight is 428 g/mol. The average Bonchev–Trinajstić information content (AvgIpc) is 3.58. The molecule has 0 bridgehead atoms. The molecule has 2 aromatic heterocycles. The molecule has 1 aliphatic rings. The number of hydrogen-bond acceptors (Lipinski definition) is 5. The number of amides is 1. The number of phenolic OH excluding ortho intramolecular Hbond substituents is 1. The molecule has 1 amide bonds. The molecule has 1 fully saturated rings. The van der Waals surface area contributed by atoms with Crippen molar-refractivity contribution in [2.75, 3.05) is 7.11 Å². The van der Waals surface area contributed by atoms with Gasteiger partial charge in [0.2, 0.25) is 5.88 Å². The normalized spacial score (nSPS) is 14.3. The molecule has 1 saturated carbocycles. The van der Waals surface area contributed by atoms with Crippen LogP contribution in [0.25, 0.3) is 33.5 Å². The highest BCUT2D eigenvalue weighted by molar-refractivity contribution is 5.98. The second kappa shape index (κ2) is 8.00. The van der Waals surface area contributed by atoms with Gasteiger partial charge in [0.15, 0.2) is 0 Å². The van der Waals surface area contributed by atoms with E-state index < -0.39 is 0 Å². The number of rotatable bonds is 6. The number of nitrogens with zero attached hydrogens (tertiary/aromatic N) is 2. The maximum absolute atomic E-state index is 12.6. The number of methoxy groups -OCH3 is 1.